The number of hydrogen-bond donors (Lipinski definition) is 1. The quantitative estimate of drug-likeness (QED) is 0.932. The van der Waals surface area contributed by atoms with E-state index in [1.54, 1.807) is 0 Å². The Kier molecular flexibility index (Phi) is 4.81. The number of amides is 2. The predicted molar refractivity (Wildman–Crippen MR) is 76.9 cm³/mol. The van der Waals surface area contributed by atoms with Crippen LogP contribution in [-0.4, -0.2) is 40.5 Å². The summed E-state index contributed by atoms with van der Waals surface area (Å²) in [5.41, 5.74) is 0.446. The van der Waals surface area contributed by atoms with Crippen LogP contribution in [0, 0.1) is 5.82 Å². The Balaban J connectivity index is 1.92. The third-order valence-electron chi connectivity index (χ3n) is 2.44. The van der Waals surface area contributed by atoms with Gasteiger partial charge >= 0.3 is 0 Å². The Bertz CT molecular complexity index is 662. The van der Waals surface area contributed by atoms with E-state index in [0.29, 0.717) is 5.69 Å². The van der Waals surface area contributed by atoms with Gasteiger partial charge in [0.1, 0.15) is 5.82 Å². The second kappa shape index (κ2) is 6.59. The number of aromatic nitrogens is 2. The molecule has 0 radical (unpaired) electrons. The summed E-state index contributed by atoms with van der Waals surface area (Å²) >= 11 is 6.53. The van der Waals surface area contributed by atoms with Crippen LogP contribution in [0.4, 0.5) is 10.1 Å². The predicted octanol–water partition coefficient (Wildman–Crippen LogP) is 2.04. The van der Waals surface area contributed by atoms with Gasteiger partial charge in [-0.1, -0.05) is 11.3 Å². The molecule has 9 heteroatoms. The van der Waals surface area contributed by atoms with Gasteiger partial charge in [0, 0.05) is 12.7 Å². The third kappa shape index (κ3) is 4.20. The van der Waals surface area contributed by atoms with E-state index in [-0.39, 0.29) is 16.0 Å². The smallest absolute Gasteiger partial charge is 0.285 e. The van der Waals surface area contributed by atoms with Crippen LogP contribution in [0.3, 0.4) is 0 Å². The van der Waals surface area contributed by atoms with Crippen molar-refractivity contribution in [2.45, 2.75) is 0 Å². The molecule has 0 fully saturated rings. The Morgan fingerprint density at radius 3 is 2.57 bits per heavy atom. The highest BCUT2D eigenvalue weighted by atomic mass is 35.5. The first-order valence-electron chi connectivity index (χ1n) is 5.75. The second-order valence-corrected chi connectivity index (χ2v) is 5.64. The van der Waals surface area contributed by atoms with E-state index in [1.807, 2.05) is 0 Å². The molecule has 1 N–H and O–H groups in total. The van der Waals surface area contributed by atoms with Crippen molar-refractivity contribution in [1.82, 2.24) is 15.1 Å². The van der Waals surface area contributed by atoms with Gasteiger partial charge in [-0.15, -0.1) is 10.2 Å². The largest absolute Gasteiger partial charge is 0.330 e. The number of carbonyl (C=O) groups excluding carboxylic acids is 2. The van der Waals surface area contributed by atoms with Crippen molar-refractivity contribution >= 4 is 40.4 Å². The molecule has 0 spiro atoms. The van der Waals surface area contributed by atoms with E-state index in [1.165, 1.54) is 36.2 Å². The lowest BCUT2D eigenvalue weighted by molar-refractivity contribution is -0.116. The van der Waals surface area contributed by atoms with Crippen LogP contribution in [0.15, 0.2) is 24.3 Å². The maximum absolute atomic E-state index is 12.7. The van der Waals surface area contributed by atoms with Crippen molar-refractivity contribution in [3.63, 3.8) is 0 Å². The molecule has 0 aliphatic heterocycles. The molecule has 110 valence electrons. The van der Waals surface area contributed by atoms with Gasteiger partial charge < -0.3 is 10.2 Å². The lowest BCUT2D eigenvalue weighted by atomic mass is 10.3. The van der Waals surface area contributed by atoms with Gasteiger partial charge in [0.05, 0.1) is 6.54 Å². The summed E-state index contributed by atoms with van der Waals surface area (Å²) in [6.45, 7) is -0.173. The first kappa shape index (κ1) is 15.3. The van der Waals surface area contributed by atoms with Gasteiger partial charge in [-0.05, 0) is 35.9 Å². The van der Waals surface area contributed by atoms with Crippen LogP contribution >= 0.6 is 22.9 Å². The molecule has 0 aliphatic rings. The Morgan fingerprint density at radius 2 is 2.00 bits per heavy atom. The average molecular weight is 329 g/mol. The summed E-state index contributed by atoms with van der Waals surface area (Å²) in [4.78, 5) is 24.9. The Labute approximate surface area is 128 Å². The van der Waals surface area contributed by atoms with Crippen LogP contribution in [0.25, 0.3) is 0 Å². The zero-order valence-corrected chi connectivity index (χ0v) is 12.4. The maximum atomic E-state index is 12.7. The zero-order chi connectivity index (χ0) is 15.4. The van der Waals surface area contributed by atoms with Crippen molar-refractivity contribution in [3.8, 4) is 0 Å². The molecule has 1 aromatic heterocycles. The summed E-state index contributed by atoms with van der Waals surface area (Å²) in [7, 11) is 1.46. The average Bonchev–Trinajstić information content (AvgIpc) is 2.87. The molecule has 6 nitrogen and oxygen atoms in total. The van der Waals surface area contributed by atoms with Crippen LogP contribution in [0.2, 0.25) is 4.47 Å². The molecular weight excluding hydrogens is 319 g/mol. The van der Waals surface area contributed by atoms with Crippen molar-refractivity contribution in [2.75, 3.05) is 18.9 Å². The molecule has 1 aromatic carbocycles. The third-order valence-corrected chi connectivity index (χ3v) is 3.45. The Hall–Kier alpha value is -2.06. The van der Waals surface area contributed by atoms with E-state index in [9.17, 15) is 14.0 Å². The highest BCUT2D eigenvalue weighted by Crippen LogP contribution is 2.16. The Morgan fingerprint density at radius 1 is 1.33 bits per heavy atom. The lowest BCUT2D eigenvalue weighted by Gasteiger charge is -2.15. The number of carbonyl (C=O) groups is 2. The topological polar surface area (TPSA) is 75.2 Å². The van der Waals surface area contributed by atoms with Crippen molar-refractivity contribution < 1.29 is 14.0 Å². The monoisotopic (exact) mass is 328 g/mol. The van der Waals surface area contributed by atoms with Gasteiger partial charge in [-0.2, -0.15) is 0 Å². The van der Waals surface area contributed by atoms with Crippen LogP contribution in [0.5, 0.6) is 0 Å². The number of nitrogens with zero attached hydrogens (tertiary/aromatic N) is 3. The highest BCUT2D eigenvalue weighted by Gasteiger charge is 2.19. The van der Waals surface area contributed by atoms with Crippen molar-refractivity contribution in [3.05, 3.63) is 39.6 Å². The highest BCUT2D eigenvalue weighted by molar-refractivity contribution is 7.17. The van der Waals surface area contributed by atoms with Gasteiger partial charge in [0.15, 0.2) is 0 Å². The fraction of sp³-hybridized carbons (Fsp3) is 0.167. The SMILES string of the molecule is CN(CC(=O)Nc1ccc(F)cc1)C(=O)c1nnc(Cl)s1. The molecule has 0 saturated carbocycles. The molecule has 0 aliphatic carbocycles. The number of likely N-dealkylation sites (N-methyl/N-ethyl adjacent to an activating group) is 1. The number of halogens is 2. The molecular formula is C12H10ClFN4O2S. The zero-order valence-electron chi connectivity index (χ0n) is 10.8. The minimum atomic E-state index is -0.450. The van der Waals surface area contributed by atoms with Gasteiger partial charge in [-0.25, -0.2) is 4.39 Å². The number of nitrogens with one attached hydrogen (secondary N) is 1. The van der Waals surface area contributed by atoms with E-state index in [4.69, 9.17) is 11.6 Å². The number of hydrogen-bond acceptors (Lipinski definition) is 5. The standard InChI is InChI=1S/C12H10ClFN4O2S/c1-18(11(20)10-16-17-12(13)21-10)6-9(19)15-8-4-2-7(14)3-5-8/h2-5H,6H2,1H3,(H,15,19). The van der Waals surface area contributed by atoms with Crippen LogP contribution < -0.4 is 5.32 Å². The van der Waals surface area contributed by atoms with E-state index in [2.05, 4.69) is 15.5 Å². The normalized spacial score (nSPS) is 10.2. The van der Waals surface area contributed by atoms with E-state index >= 15 is 0 Å². The molecule has 0 saturated heterocycles. The maximum Gasteiger partial charge on any atom is 0.285 e. The first-order valence-corrected chi connectivity index (χ1v) is 6.95. The summed E-state index contributed by atoms with van der Waals surface area (Å²) < 4.78 is 12.9. The summed E-state index contributed by atoms with van der Waals surface area (Å²) in [5.74, 6) is -1.25. The number of anilines is 1. The minimum absolute atomic E-state index is 0.108. The molecule has 0 unspecified atom stereocenters. The fourth-order valence-electron chi connectivity index (χ4n) is 1.48. The van der Waals surface area contributed by atoms with E-state index in [0.717, 1.165) is 11.3 Å². The molecule has 0 bridgehead atoms. The van der Waals surface area contributed by atoms with E-state index < -0.39 is 17.6 Å². The number of rotatable bonds is 4. The van der Waals surface area contributed by atoms with Gasteiger partial charge in [0.2, 0.25) is 15.4 Å². The molecule has 1 heterocycles. The minimum Gasteiger partial charge on any atom is -0.330 e. The van der Waals surface area contributed by atoms with Gasteiger partial charge in [-0.3, -0.25) is 9.59 Å². The molecule has 2 rings (SSSR count). The summed E-state index contributed by atoms with van der Waals surface area (Å²) in [6.07, 6.45) is 0. The molecule has 21 heavy (non-hydrogen) atoms. The van der Waals surface area contributed by atoms with Crippen molar-refractivity contribution in [2.24, 2.45) is 0 Å². The lowest BCUT2D eigenvalue weighted by Crippen LogP contribution is -2.34. The second-order valence-electron chi connectivity index (χ2n) is 4.08. The van der Waals surface area contributed by atoms with Crippen LogP contribution in [-0.2, 0) is 4.79 Å². The summed E-state index contributed by atoms with van der Waals surface area (Å²) in [5, 5.41) is 9.80. The van der Waals surface area contributed by atoms with Crippen LogP contribution in [0.1, 0.15) is 9.80 Å². The molecule has 2 aromatic rings. The molecule has 0 atom stereocenters. The first-order chi connectivity index (χ1) is 9.95. The summed E-state index contributed by atoms with van der Waals surface area (Å²) in [6, 6.07) is 5.32. The van der Waals surface area contributed by atoms with Crippen molar-refractivity contribution in [1.29, 1.82) is 0 Å². The van der Waals surface area contributed by atoms with Gasteiger partial charge in [0.25, 0.3) is 5.91 Å². The molecule has 2 amide bonds. The number of benzene rings is 1. The fourth-order valence-corrected chi connectivity index (χ4v) is 2.30.